The van der Waals surface area contributed by atoms with Gasteiger partial charge in [-0.05, 0) is 12.1 Å². The van der Waals surface area contributed by atoms with Crippen molar-refractivity contribution in [2.24, 2.45) is 0 Å². The zero-order valence-corrected chi connectivity index (χ0v) is 13.8. The van der Waals surface area contributed by atoms with Crippen LogP contribution < -0.4 is 16.1 Å². The predicted molar refractivity (Wildman–Crippen MR) is 93.6 cm³/mol. The van der Waals surface area contributed by atoms with Crippen molar-refractivity contribution in [3.63, 3.8) is 0 Å². The maximum Gasteiger partial charge on any atom is 0.257 e. The summed E-state index contributed by atoms with van der Waals surface area (Å²) in [6.45, 7) is 2.66. The topological polar surface area (TPSA) is 94.3 Å². The number of pyridine rings is 1. The van der Waals surface area contributed by atoms with E-state index in [4.69, 9.17) is 0 Å². The molecule has 0 aliphatic carbocycles. The van der Waals surface area contributed by atoms with E-state index in [2.05, 4.69) is 15.6 Å². The molecule has 7 nitrogen and oxygen atoms in total. The largest absolute Gasteiger partial charge is 0.360 e. The second-order valence-electron chi connectivity index (χ2n) is 5.39. The van der Waals surface area contributed by atoms with Crippen molar-refractivity contribution in [1.82, 2.24) is 20.5 Å². The number of hydrogen-bond acceptors (Lipinski definition) is 4. The Morgan fingerprint density at radius 2 is 1.88 bits per heavy atom. The summed E-state index contributed by atoms with van der Waals surface area (Å²) < 4.78 is 0. The Hall–Kier alpha value is -2.38. The van der Waals surface area contributed by atoms with Gasteiger partial charge in [0.25, 0.3) is 5.91 Å². The predicted octanol–water partition coefficient (Wildman–Crippen LogP) is 0.111. The fourth-order valence-corrected chi connectivity index (χ4v) is 2.61. The van der Waals surface area contributed by atoms with Crippen molar-refractivity contribution in [1.29, 1.82) is 0 Å². The molecule has 1 aliphatic heterocycles. The van der Waals surface area contributed by atoms with E-state index in [0.717, 1.165) is 13.1 Å². The van der Waals surface area contributed by atoms with Gasteiger partial charge >= 0.3 is 0 Å². The number of carbonyl (C=O) groups is 2. The molecule has 0 unspecified atom stereocenters. The second-order valence-corrected chi connectivity index (χ2v) is 5.39. The van der Waals surface area contributed by atoms with E-state index in [0.29, 0.717) is 24.0 Å². The van der Waals surface area contributed by atoms with E-state index < -0.39 is 5.91 Å². The summed E-state index contributed by atoms with van der Waals surface area (Å²) in [5.41, 5.74) is 0.342. The Morgan fingerprint density at radius 1 is 1.17 bits per heavy atom. The van der Waals surface area contributed by atoms with E-state index in [1.165, 1.54) is 6.20 Å². The Kier molecular flexibility index (Phi) is 5.94. The number of aromatic amines is 1. The van der Waals surface area contributed by atoms with Gasteiger partial charge in [-0.2, -0.15) is 0 Å². The number of nitrogens with zero attached hydrogens (tertiary/aromatic N) is 1. The normalized spacial score (nSPS) is 14.1. The van der Waals surface area contributed by atoms with E-state index >= 15 is 0 Å². The Morgan fingerprint density at radius 3 is 2.62 bits per heavy atom. The highest BCUT2D eigenvalue weighted by atomic mass is 35.5. The SMILES string of the molecule is Cl.O=C(NCC(=O)N1CCNCC1)c1c[nH]c2ccccc2c1=O. The molecule has 128 valence electrons. The molecule has 1 fully saturated rings. The number of nitrogens with one attached hydrogen (secondary N) is 3. The van der Waals surface area contributed by atoms with Crippen LogP contribution in [0.3, 0.4) is 0 Å². The third-order valence-electron chi connectivity index (χ3n) is 3.90. The molecule has 1 aromatic carbocycles. The zero-order chi connectivity index (χ0) is 16.2. The molecule has 0 saturated carbocycles. The van der Waals surface area contributed by atoms with Crippen molar-refractivity contribution >= 4 is 35.1 Å². The number of benzene rings is 1. The van der Waals surface area contributed by atoms with Crippen LogP contribution in [0.4, 0.5) is 0 Å². The summed E-state index contributed by atoms with van der Waals surface area (Å²) in [5, 5.41) is 6.14. The summed E-state index contributed by atoms with van der Waals surface area (Å²) in [6, 6.07) is 6.99. The number of aromatic nitrogens is 1. The van der Waals surface area contributed by atoms with E-state index in [9.17, 15) is 14.4 Å². The number of H-pyrrole nitrogens is 1. The lowest BCUT2D eigenvalue weighted by Crippen LogP contribution is -2.49. The number of hydrogen-bond donors (Lipinski definition) is 3. The van der Waals surface area contributed by atoms with Crippen LogP contribution in [0, 0.1) is 0 Å². The molecule has 1 aromatic heterocycles. The Bertz CT molecular complexity index is 799. The molecule has 0 spiro atoms. The van der Waals surface area contributed by atoms with Gasteiger partial charge < -0.3 is 20.5 Å². The van der Waals surface area contributed by atoms with Gasteiger partial charge in [0.15, 0.2) is 0 Å². The lowest BCUT2D eigenvalue weighted by atomic mass is 10.1. The van der Waals surface area contributed by atoms with Gasteiger partial charge in [0.1, 0.15) is 5.56 Å². The molecule has 1 saturated heterocycles. The van der Waals surface area contributed by atoms with Gasteiger partial charge in [-0.3, -0.25) is 14.4 Å². The highest BCUT2D eigenvalue weighted by molar-refractivity contribution is 5.98. The van der Waals surface area contributed by atoms with Gasteiger partial charge in [-0.15, -0.1) is 12.4 Å². The molecule has 2 amide bonds. The minimum absolute atomic E-state index is 0. The van der Waals surface area contributed by atoms with Crippen LogP contribution >= 0.6 is 12.4 Å². The first kappa shape index (κ1) is 18.0. The van der Waals surface area contributed by atoms with Gasteiger partial charge in [-0.1, -0.05) is 12.1 Å². The number of halogens is 1. The third-order valence-corrected chi connectivity index (χ3v) is 3.90. The van der Waals surface area contributed by atoms with Crippen LogP contribution in [-0.4, -0.2) is 54.4 Å². The summed E-state index contributed by atoms with van der Waals surface area (Å²) >= 11 is 0. The van der Waals surface area contributed by atoms with Crippen LogP contribution in [-0.2, 0) is 4.79 Å². The average Bonchev–Trinajstić information content (AvgIpc) is 2.60. The Labute approximate surface area is 144 Å². The molecule has 24 heavy (non-hydrogen) atoms. The molecule has 8 heteroatoms. The van der Waals surface area contributed by atoms with Crippen LogP contribution in [0.25, 0.3) is 10.9 Å². The molecule has 0 radical (unpaired) electrons. The number of rotatable bonds is 3. The van der Waals surface area contributed by atoms with E-state index in [1.807, 2.05) is 6.07 Å². The highest BCUT2D eigenvalue weighted by Gasteiger charge is 2.18. The van der Waals surface area contributed by atoms with Gasteiger partial charge in [0, 0.05) is 43.3 Å². The summed E-state index contributed by atoms with van der Waals surface area (Å²) in [6.07, 6.45) is 1.38. The molecule has 2 heterocycles. The molecular weight excluding hydrogens is 332 g/mol. The fourth-order valence-electron chi connectivity index (χ4n) is 2.61. The number of piperazine rings is 1. The second kappa shape index (κ2) is 7.94. The van der Waals surface area contributed by atoms with Gasteiger partial charge in [0.05, 0.1) is 6.54 Å². The third kappa shape index (κ3) is 3.74. The zero-order valence-electron chi connectivity index (χ0n) is 13.0. The average molecular weight is 351 g/mol. The number of fused-ring (bicyclic) bond motifs is 1. The first-order chi connectivity index (χ1) is 11.2. The van der Waals surface area contributed by atoms with E-state index in [1.54, 1.807) is 23.1 Å². The monoisotopic (exact) mass is 350 g/mol. The minimum atomic E-state index is -0.541. The standard InChI is InChI=1S/C16H18N4O3.ClH/c21-14(20-7-5-17-6-8-20)10-19-16(23)12-9-18-13-4-2-1-3-11(13)15(12)22;/h1-4,9,17H,5-8,10H2,(H,18,22)(H,19,23);1H. The van der Waals surface area contributed by atoms with Crippen LogP contribution in [0.1, 0.15) is 10.4 Å². The highest BCUT2D eigenvalue weighted by Crippen LogP contribution is 2.06. The molecule has 1 aliphatic rings. The summed E-state index contributed by atoms with van der Waals surface area (Å²) in [4.78, 5) is 41.2. The van der Waals surface area contributed by atoms with Gasteiger partial charge in [0.2, 0.25) is 11.3 Å². The summed E-state index contributed by atoms with van der Waals surface area (Å²) in [5.74, 6) is -0.683. The fraction of sp³-hybridized carbons (Fsp3) is 0.312. The lowest BCUT2D eigenvalue weighted by molar-refractivity contribution is -0.130. The molecule has 0 bridgehead atoms. The maximum absolute atomic E-state index is 12.3. The van der Waals surface area contributed by atoms with Crippen LogP contribution in [0.5, 0.6) is 0 Å². The van der Waals surface area contributed by atoms with Crippen LogP contribution in [0.2, 0.25) is 0 Å². The van der Waals surface area contributed by atoms with Crippen LogP contribution in [0.15, 0.2) is 35.3 Å². The maximum atomic E-state index is 12.3. The molecule has 2 aromatic rings. The molecule has 3 N–H and O–H groups in total. The number of amides is 2. The van der Waals surface area contributed by atoms with Crippen molar-refractivity contribution < 1.29 is 9.59 Å². The first-order valence-corrected chi connectivity index (χ1v) is 7.54. The number of para-hydroxylation sites is 1. The molecule has 0 atom stereocenters. The quantitative estimate of drug-likeness (QED) is 0.732. The van der Waals surface area contributed by atoms with Gasteiger partial charge in [-0.25, -0.2) is 0 Å². The van der Waals surface area contributed by atoms with E-state index in [-0.39, 0.29) is 35.9 Å². The first-order valence-electron chi connectivity index (χ1n) is 7.54. The molecule has 3 rings (SSSR count). The van der Waals surface area contributed by atoms with Crippen molar-refractivity contribution in [3.8, 4) is 0 Å². The molecular formula is C16H19ClN4O3. The number of carbonyl (C=O) groups excluding carboxylic acids is 2. The minimum Gasteiger partial charge on any atom is -0.360 e. The lowest BCUT2D eigenvalue weighted by Gasteiger charge is -2.27. The Balaban J connectivity index is 0.00000208. The van der Waals surface area contributed by atoms with Crippen molar-refractivity contribution in [2.75, 3.05) is 32.7 Å². The summed E-state index contributed by atoms with van der Waals surface area (Å²) in [7, 11) is 0. The smallest absolute Gasteiger partial charge is 0.257 e. The van der Waals surface area contributed by atoms with Crippen molar-refractivity contribution in [2.45, 2.75) is 0 Å². The van der Waals surface area contributed by atoms with Crippen molar-refractivity contribution in [3.05, 3.63) is 46.2 Å².